The first kappa shape index (κ1) is 22.4. The average molecular weight is 492 g/mol. The number of nitrogens with zero attached hydrogens (tertiary/aromatic N) is 4. The van der Waals surface area contributed by atoms with Gasteiger partial charge in [0.05, 0.1) is 17.4 Å². The molecule has 12 heteroatoms. The Morgan fingerprint density at radius 3 is 2.86 bits per heavy atom. The van der Waals surface area contributed by atoms with Crippen molar-refractivity contribution in [2.75, 3.05) is 6.54 Å². The highest BCUT2D eigenvalue weighted by atomic mass is 16.2. The molecule has 4 aliphatic rings. The van der Waals surface area contributed by atoms with Crippen LogP contribution in [0.5, 0.6) is 0 Å². The number of hydrogen-bond acceptors (Lipinski definition) is 7. The van der Waals surface area contributed by atoms with Gasteiger partial charge in [0, 0.05) is 31.5 Å². The first-order valence-corrected chi connectivity index (χ1v) is 12.1. The Bertz CT molecular complexity index is 1320. The zero-order valence-electron chi connectivity index (χ0n) is 19.5. The first-order valence-electron chi connectivity index (χ1n) is 12.1. The number of piperidine rings is 1. The fraction of sp³-hybridized carbons (Fsp3) is 0.458. The van der Waals surface area contributed by atoms with E-state index < -0.39 is 11.9 Å². The first-order chi connectivity index (χ1) is 17.3. The summed E-state index contributed by atoms with van der Waals surface area (Å²) < 4.78 is 1.46. The van der Waals surface area contributed by atoms with Gasteiger partial charge in [-0.2, -0.15) is 0 Å². The van der Waals surface area contributed by atoms with Gasteiger partial charge < -0.3 is 15.5 Å². The van der Waals surface area contributed by atoms with Crippen LogP contribution in [0.1, 0.15) is 64.9 Å². The number of carbonyl (C=O) groups is 5. The molecule has 3 unspecified atom stereocenters. The molecule has 5 amide bonds. The number of benzene rings is 1. The maximum atomic E-state index is 12.9. The second kappa shape index (κ2) is 8.25. The Hall–Kier alpha value is -4.09. The van der Waals surface area contributed by atoms with E-state index in [0.717, 1.165) is 24.8 Å². The van der Waals surface area contributed by atoms with E-state index in [9.17, 15) is 24.0 Å². The van der Waals surface area contributed by atoms with Crippen LogP contribution in [0.3, 0.4) is 0 Å². The van der Waals surface area contributed by atoms with Gasteiger partial charge in [0.2, 0.25) is 17.7 Å². The van der Waals surface area contributed by atoms with Crippen LogP contribution in [0.15, 0.2) is 24.4 Å². The third kappa shape index (κ3) is 3.64. The molecule has 3 N–H and O–H groups in total. The topological polar surface area (TPSA) is 155 Å². The molecule has 3 atom stereocenters. The van der Waals surface area contributed by atoms with Crippen molar-refractivity contribution in [1.82, 2.24) is 35.8 Å². The second-order valence-corrected chi connectivity index (χ2v) is 9.97. The molecule has 6 rings (SSSR count). The molecule has 0 bridgehead atoms. The lowest BCUT2D eigenvalue weighted by molar-refractivity contribution is -0.137. The molecule has 0 spiro atoms. The van der Waals surface area contributed by atoms with E-state index in [-0.39, 0.29) is 53.7 Å². The van der Waals surface area contributed by atoms with Gasteiger partial charge in [0.15, 0.2) is 5.69 Å². The van der Waals surface area contributed by atoms with Crippen LogP contribution in [0.25, 0.3) is 5.69 Å². The molecule has 186 valence electrons. The largest absolute Gasteiger partial charge is 0.349 e. The number of nitrogens with one attached hydrogen (secondary N) is 3. The lowest BCUT2D eigenvalue weighted by Crippen LogP contribution is -2.52. The Morgan fingerprint density at radius 2 is 2.03 bits per heavy atom. The summed E-state index contributed by atoms with van der Waals surface area (Å²) in [6, 6.07) is 4.47. The fourth-order valence-electron chi connectivity index (χ4n) is 5.96. The van der Waals surface area contributed by atoms with Crippen LogP contribution in [0, 0.1) is 5.92 Å². The smallest absolute Gasteiger partial charge is 0.273 e. The molecule has 2 saturated heterocycles. The van der Waals surface area contributed by atoms with E-state index in [1.165, 1.54) is 15.8 Å². The van der Waals surface area contributed by atoms with E-state index >= 15 is 0 Å². The standard InChI is InChI=1S/C24H25N7O5/c32-19-6-5-18(22(35)26-19)30-10-13-8-15(3-4-16(13)23(30)36)31-11-17(28-29-31)21(34)25-12-24-7-1-2-14(24)9-20(33)27-24/h3-4,8,11,14,18H,1-2,5-7,9-10,12H2,(H,25,34)(H,27,33)(H,26,32,35). The van der Waals surface area contributed by atoms with Gasteiger partial charge in [-0.1, -0.05) is 11.6 Å². The minimum absolute atomic E-state index is 0.0335. The lowest BCUT2D eigenvalue weighted by Gasteiger charge is -2.29. The number of hydrogen-bond donors (Lipinski definition) is 3. The van der Waals surface area contributed by atoms with Crippen molar-refractivity contribution in [3.8, 4) is 5.69 Å². The number of amides is 5. The Morgan fingerprint density at radius 1 is 1.17 bits per heavy atom. The van der Waals surface area contributed by atoms with Crippen molar-refractivity contribution in [2.24, 2.45) is 5.92 Å². The maximum absolute atomic E-state index is 12.9. The Balaban J connectivity index is 1.14. The number of imide groups is 1. The van der Waals surface area contributed by atoms with Gasteiger partial charge in [-0.25, -0.2) is 4.68 Å². The van der Waals surface area contributed by atoms with Gasteiger partial charge >= 0.3 is 0 Å². The number of rotatable bonds is 5. The van der Waals surface area contributed by atoms with E-state index in [2.05, 4.69) is 26.3 Å². The van der Waals surface area contributed by atoms with Crippen molar-refractivity contribution >= 4 is 29.5 Å². The minimum atomic E-state index is -0.684. The van der Waals surface area contributed by atoms with Crippen molar-refractivity contribution < 1.29 is 24.0 Å². The minimum Gasteiger partial charge on any atom is -0.349 e. The van der Waals surface area contributed by atoms with Crippen LogP contribution in [-0.2, 0) is 20.9 Å². The van der Waals surface area contributed by atoms with E-state index in [0.29, 0.717) is 30.6 Å². The summed E-state index contributed by atoms with van der Waals surface area (Å²) in [6.45, 7) is 0.595. The molecule has 2 aromatic rings. The maximum Gasteiger partial charge on any atom is 0.273 e. The predicted octanol–water partition coefficient (Wildman–Crippen LogP) is -0.183. The highest BCUT2D eigenvalue weighted by Crippen LogP contribution is 2.41. The number of carbonyl (C=O) groups excluding carboxylic acids is 5. The molecule has 1 aromatic heterocycles. The Kier molecular flexibility index (Phi) is 5.13. The molecule has 1 aliphatic carbocycles. The zero-order valence-corrected chi connectivity index (χ0v) is 19.5. The summed E-state index contributed by atoms with van der Waals surface area (Å²) in [6.07, 6.45) is 5.37. The van der Waals surface area contributed by atoms with Crippen molar-refractivity contribution in [3.63, 3.8) is 0 Å². The molecule has 1 aromatic carbocycles. The highest BCUT2D eigenvalue weighted by Gasteiger charge is 2.49. The van der Waals surface area contributed by atoms with Crippen molar-refractivity contribution in [2.45, 2.75) is 56.7 Å². The van der Waals surface area contributed by atoms with E-state index in [4.69, 9.17) is 0 Å². The molecule has 3 aliphatic heterocycles. The molecule has 12 nitrogen and oxygen atoms in total. The molecule has 3 fully saturated rings. The molecule has 0 radical (unpaired) electrons. The van der Waals surface area contributed by atoms with Gasteiger partial charge in [-0.05, 0) is 48.9 Å². The lowest BCUT2D eigenvalue weighted by atomic mass is 9.89. The van der Waals surface area contributed by atoms with Crippen LogP contribution in [-0.4, -0.2) is 67.6 Å². The number of fused-ring (bicyclic) bond motifs is 2. The molecular formula is C24H25N7O5. The van der Waals surface area contributed by atoms with Gasteiger partial charge in [0.1, 0.15) is 6.04 Å². The monoisotopic (exact) mass is 491 g/mol. The van der Waals surface area contributed by atoms with Crippen molar-refractivity contribution in [1.29, 1.82) is 0 Å². The van der Waals surface area contributed by atoms with Gasteiger partial charge in [0.25, 0.3) is 11.8 Å². The van der Waals surface area contributed by atoms with Crippen LogP contribution in [0.4, 0.5) is 0 Å². The molecule has 4 heterocycles. The Labute approximate surface area is 205 Å². The highest BCUT2D eigenvalue weighted by molar-refractivity contribution is 6.05. The van der Waals surface area contributed by atoms with Gasteiger partial charge in [-0.3, -0.25) is 29.3 Å². The number of aromatic nitrogens is 3. The quantitative estimate of drug-likeness (QED) is 0.490. The third-order valence-corrected chi connectivity index (χ3v) is 7.84. The molecule has 36 heavy (non-hydrogen) atoms. The molecular weight excluding hydrogens is 466 g/mol. The van der Waals surface area contributed by atoms with Crippen LogP contribution >= 0.6 is 0 Å². The van der Waals surface area contributed by atoms with Crippen molar-refractivity contribution in [3.05, 3.63) is 41.2 Å². The third-order valence-electron chi connectivity index (χ3n) is 7.84. The van der Waals surface area contributed by atoms with E-state index in [1.54, 1.807) is 18.2 Å². The van der Waals surface area contributed by atoms with Crippen LogP contribution in [0.2, 0.25) is 0 Å². The summed E-state index contributed by atoms with van der Waals surface area (Å²) in [5.74, 6) is -1.14. The summed E-state index contributed by atoms with van der Waals surface area (Å²) in [5.41, 5.74) is 1.62. The van der Waals surface area contributed by atoms with Gasteiger partial charge in [-0.15, -0.1) is 5.10 Å². The second-order valence-electron chi connectivity index (χ2n) is 9.97. The summed E-state index contributed by atoms with van der Waals surface area (Å²) in [5, 5.41) is 16.3. The zero-order chi connectivity index (χ0) is 25.0. The average Bonchev–Trinajstić information content (AvgIpc) is 3.60. The summed E-state index contributed by atoms with van der Waals surface area (Å²) in [4.78, 5) is 62.7. The summed E-state index contributed by atoms with van der Waals surface area (Å²) >= 11 is 0. The van der Waals surface area contributed by atoms with Crippen LogP contribution < -0.4 is 16.0 Å². The SMILES string of the molecule is O=C1CCC(N2Cc3cc(-n4cc(C(=O)NCC56CCCC5CC(=O)N6)nn4)ccc3C2=O)C(=O)N1. The predicted molar refractivity (Wildman–Crippen MR) is 123 cm³/mol. The van der Waals surface area contributed by atoms with E-state index in [1.807, 2.05) is 0 Å². The molecule has 1 saturated carbocycles. The fourth-order valence-corrected chi connectivity index (χ4v) is 5.96. The summed E-state index contributed by atoms with van der Waals surface area (Å²) in [7, 11) is 0. The normalized spacial score (nSPS) is 27.1.